The van der Waals surface area contributed by atoms with Crippen LogP contribution in [0.2, 0.25) is 5.02 Å². The smallest absolute Gasteiger partial charge is 0.237 e. The van der Waals surface area contributed by atoms with E-state index in [0.29, 0.717) is 16.2 Å². The van der Waals surface area contributed by atoms with Crippen molar-refractivity contribution in [3.63, 3.8) is 0 Å². The van der Waals surface area contributed by atoms with Crippen LogP contribution < -0.4 is 5.32 Å². The third-order valence-electron chi connectivity index (χ3n) is 2.87. The Morgan fingerprint density at radius 3 is 2.79 bits per heavy atom. The van der Waals surface area contributed by atoms with Gasteiger partial charge < -0.3 is 5.32 Å². The summed E-state index contributed by atoms with van der Waals surface area (Å²) in [6, 6.07) is 7.21. The van der Waals surface area contributed by atoms with Gasteiger partial charge in [-0.3, -0.25) is 9.78 Å². The van der Waals surface area contributed by atoms with Gasteiger partial charge in [-0.2, -0.15) is 12.6 Å². The third kappa shape index (κ3) is 3.01. The van der Waals surface area contributed by atoms with E-state index in [1.807, 2.05) is 26.0 Å². The van der Waals surface area contributed by atoms with Crippen LogP contribution in [0.5, 0.6) is 0 Å². The number of fused-ring (bicyclic) bond motifs is 1. The quantitative estimate of drug-likeness (QED) is 0.846. The fourth-order valence-electron chi connectivity index (χ4n) is 1.75. The minimum Gasteiger partial charge on any atom is -0.323 e. The molecule has 100 valence electrons. The number of pyridine rings is 1. The van der Waals surface area contributed by atoms with Gasteiger partial charge >= 0.3 is 0 Å². The lowest BCUT2D eigenvalue weighted by Crippen LogP contribution is -2.27. The van der Waals surface area contributed by atoms with E-state index in [9.17, 15) is 4.79 Å². The molecule has 1 N–H and O–H groups in total. The second kappa shape index (κ2) is 5.80. The molecule has 1 amide bonds. The lowest BCUT2D eigenvalue weighted by molar-refractivity contribution is -0.116. The molecule has 5 heteroatoms. The highest BCUT2D eigenvalue weighted by molar-refractivity contribution is 7.81. The molecule has 2 aromatic rings. The first-order valence-corrected chi connectivity index (χ1v) is 6.92. The summed E-state index contributed by atoms with van der Waals surface area (Å²) >= 11 is 10.4. The van der Waals surface area contributed by atoms with Crippen molar-refractivity contribution in [1.29, 1.82) is 0 Å². The van der Waals surface area contributed by atoms with Crippen LogP contribution in [-0.4, -0.2) is 16.1 Å². The Labute approximate surface area is 122 Å². The first kappa shape index (κ1) is 14.2. The number of thiol groups is 1. The van der Waals surface area contributed by atoms with Gasteiger partial charge in [0.2, 0.25) is 5.91 Å². The highest BCUT2D eigenvalue weighted by Crippen LogP contribution is 2.28. The van der Waals surface area contributed by atoms with E-state index in [4.69, 9.17) is 11.6 Å². The van der Waals surface area contributed by atoms with E-state index >= 15 is 0 Å². The number of hydrogen-bond acceptors (Lipinski definition) is 3. The van der Waals surface area contributed by atoms with Crippen LogP contribution in [0, 0.1) is 5.92 Å². The SMILES string of the molecule is CC(C)C(S)C(=O)Nc1ccc(Cl)c2cccnc12. The molecule has 3 nitrogen and oxygen atoms in total. The van der Waals surface area contributed by atoms with Gasteiger partial charge in [-0.05, 0) is 30.2 Å². The summed E-state index contributed by atoms with van der Waals surface area (Å²) < 4.78 is 0. The minimum absolute atomic E-state index is 0.132. The highest BCUT2D eigenvalue weighted by Gasteiger charge is 2.18. The minimum atomic E-state index is -0.352. The number of carbonyl (C=O) groups is 1. The van der Waals surface area contributed by atoms with Gasteiger partial charge in [-0.1, -0.05) is 25.4 Å². The van der Waals surface area contributed by atoms with Crippen molar-refractivity contribution in [2.75, 3.05) is 5.32 Å². The zero-order chi connectivity index (χ0) is 14.0. The highest BCUT2D eigenvalue weighted by atomic mass is 35.5. The Bertz CT molecular complexity index is 615. The average molecular weight is 295 g/mol. The van der Waals surface area contributed by atoms with Gasteiger partial charge in [0, 0.05) is 11.6 Å². The van der Waals surface area contributed by atoms with E-state index in [1.54, 1.807) is 18.3 Å². The molecule has 2 rings (SSSR count). The molecule has 0 aliphatic heterocycles. The molecular formula is C14H15ClN2OS. The number of aromatic nitrogens is 1. The maximum Gasteiger partial charge on any atom is 0.237 e. The molecule has 1 aromatic heterocycles. The number of amides is 1. The number of rotatable bonds is 3. The van der Waals surface area contributed by atoms with Crippen LogP contribution in [0.4, 0.5) is 5.69 Å². The molecule has 0 saturated carbocycles. The molecule has 0 spiro atoms. The molecule has 19 heavy (non-hydrogen) atoms. The number of halogens is 1. The molecule has 0 fully saturated rings. The molecule has 0 bridgehead atoms. The van der Waals surface area contributed by atoms with Gasteiger partial charge in [0.1, 0.15) is 0 Å². The number of benzene rings is 1. The zero-order valence-corrected chi connectivity index (χ0v) is 12.4. The standard InChI is InChI=1S/C14H15ClN2OS/c1-8(2)13(19)14(18)17-11-6-5-10(15)9-4-3-7-16-12(9)11/h3-8,13,19H,1-2H3,(H,17,18). The summed E-state index contributed by atoms with van der Waals surface area (Å²) in [6.07, 6.45) is 1.68. The molecule has 0 aliphatic rings. The molecule has 1 atom stereocenters. The first-order chi connectivity index (χ1) is 9.00. The zero-order valence-electron chi connectivity index (χ0n) is 10.7. The second-order valence-electron chi connectivity index (χ2n) is 4.67. The normalized spacial score (nSPS) is 12.7. The summed E-state index contributed by atoms with van der Waals surface area (Å²) in [5.41, 5.74) is 1.34. The molecule has 0 aliphatic carbocycles. The predicted octanol–water partition coefficient (Wildman–Crippen LogP) is 3.78. The van der Waals surface area contributed by atoms with Crippen LogP contribution in [-0.2, 0) is 4.79 Å². The molecule has 1 heterocycles. The summed E-state index contributed by atoms with van der Waals surface area (Å²) in [5, 5.41) is 3.94. The average Bonchev–Trinajstić information content (AvgIpc) is 2.41. The number of hydrogen-bond donors (Lipinski definition) is 2. The Balaban J connectivity index is 2.36. The fourth-order valence-corrected chi connectivity index (χ4v) is 2.03. The summed E-state index contributed by atoms with van der Waals surface area (Å²) in [5.74, 6) is 0.0301. The fraction of sp³-hybridized carbons (Fsp3) is 0.286. The summed E-state index contributed by atoms with van der Waals surface area (Å²) in [4.78, 5) is 16.3. The molecular weight excluding hydrogens is 280 g/mol. The monoisotopic (exact) mass is 294 g/mol. The summed E-state index contributed by atoms with van der Waals surface area (Å²) in [7, 11) is 0. The van der Waals surface area contributed by atoms with E-state index in [1.165, 1.54) is 0 Å². The Hall–Kier alpha value is -1.26. The van der Waals surface area contributed by atoms with Crippen molar-refractivity contribution >= 4 is 46.7 Å². The van der Waals surface area contributed by atoms with Crippen molar-refractivity contribution in [3.05, 3.63) is 35.5 Å². The van der Waals surface area contributed by atoms with Crippen molar-refractivity contribution in [2.24, 2.45) is 5.92 Å². The van der Waals surface area contributed by atoms with Crippen LogP contribution in [0.25, 0.3) is 10.9 Å². The van der Waals surface area contributed by atoms with Crippen molar-refractivity contribution in [2.45, 2.75) is 19.1 Å². The van der Waals surface area contributed by atoms with E-state index in [2.05, 4.69) is 22.9 Å². The second-order valence-corrected chi connectivity index (χ2v) is 5.64. The molecule has 0 saturated heterocycles. The maximum atomic E-state index is 12.0. The largest absolute Gasteiger partial charge is 0.323 e. The van der Waals surface area contributed by atoms with Crippen LogP contribution in [0.15, 0.2) is 30.5 Å². The number of anilines is 1. The van der Waals surface area contributed by atoms with E-state index in [-0.39, 0.29) is 17.1 Å². The maximum absolute atomic E-state index is 12.0. The van der Waals surface area contributed by atoms with E-state index < -0.39 is 0 Å². The lowest BCUT2D eigenvalue weighted by Gasteiger charge is -2.15. The number of nitrogens with one attached hydrogen (secondary N) is 1. The van der Waals surface area contributed by atoms with Gasteiger partial charge in [-0.25, -0.2) is 0 Å². The summed E-state index contributed by atoms with van der Waals surface area (Å²) in [6.45, 7) is 3.91. The van der Waals surface area contributed by atoms with Crippen molar-refractivity contribution < 1.29 is 4.79 Å². The first-order valence-electron chi connectivity index (χ1n) is 6.03. The van der Waals surface area contributed by atoms with Gasteiger partial charge in [0.05, 0.1) is 21.5 Å². The van der Waals surface area contributed by atoms with Crippen molar-refractivity contribution in [1.82, 2.24) is 4.98 Å². The topological polar surface area (TPSA) is 42.0 Å². The van der Waals surface area contributed by atoms with Crippen LogP contribution >= 0.6 is 24.2 Å². The van der Waals surface area contributed by atoms with Gasteiger partial charge in [0.25, 0.3) is 0 Å². The number of carbonyl (C=O) groups excluding carboxylic acids is 1. The molecule has 1 aromatic carbocycles. The van der Waals surface area contributed by atoms with Crippen molar-refractivity contribution in [3.8, 4) is 0 Å². The molecule has 0 radical (unpaired) electrons. The third-order valence-corrected chi connectivity index (χ3v) is 4.03. The van der Waals surface area contributed by atoms with E-state index in [0.717, 1.165) is 5.39 Å². The van der Waals surface area contributed by atoms with Gasteiger partial charge in [-0.15, -0.1) is 0 Å². The number of nitrogens with zero attached hydrogens (tertiary/aromatic N) is 1. The lowest BCUT2D eigenvalue weighted by atomic mass is 10.1. The molecule has 1 unspecified atom stereocenters. The Morgan fingerprint density at radius 2 is 2.11 bits per heavy atom. The van der Waals surface area contributed by atoms with Crippen LogP contribution in [0.3, 0.4) is 0 Å². The predicted molar refractivity (Wildman–Crippen MR) is 83.0 cm³/mol. The van der Waals surface area contributed by atoms with Gasteiger partial charge in [0.15, 0.2) is 0 Å². The van der Waals surface area contributed by atoms with Crippen LogP contribution in [0.1, 0.15) is 13.8 Å². The Kier molecular flexibility index (Phi) is 4.32. The Morgan fingerprint density at radius 1 is 1.37 bits per heavy atom.